The fraction of sp³-hybridized carbons (Fsp3) is 0. The first-order valence-electron chi connectivity index (χ1n) is 19.2. The van der Waals surface area contributed by atoms with Crippen LogP contribution in [0.15, 0.2) is 203 Å². The quantitative estimate of drug-likeness (QED) is 0.170. The summed E-state index contributed by atoms with van der Waals surface area (Å²) in [5, 5.41) is 11.8. The van der Waals surface area contributed by atoms with Crippen molar-refractivity contribution >= 4 is 76.2 Å². The highest BCUT2D eigenvalue weighted by Gasteiger charge is 2.19. The van der Waals surface area contributed by atoms with Crippen LogP contribution in [0.2, 0.25) is 0 Å². The molecule has 0 spiro atoms. The summed E-state index contributed by atoms with van der Waals surface area (Å²) in [6.45, 7) is 0. The Balaban J connectivity index is 1.03. The molecule has 0 atom stereocenters. The summed E-state index contributed by atoms with van der Waals surface area (Å²) in [6, 6.07) is 69.8. The summed E-state index contributed by atoms with van der Waals surface area (Å²) < 4.78 is 12.8. The van der Waals surface area contributed by atoms with Gasteiger partial charge in [-0.1, -0.05) is 164 Å². The molecule has 0 radical (unpaired) electrons. The van der Waals surface area contributed by atoms with Crippen LogP contribution in [0.1, 0.15) is 0 Å². The molecule has 10 aromatic carbocycles. The average molecular weight is 713 g/mol. The third-order valence-electron chi connectivity index (χ3n) is 11.7. The Bertz CT molecular complexity index is 3470. The van der Waals surface area contributed by atoms with Gasteiger partial charge in [0.25, 0.3) is 0 Å². The minimum Gasteiger partial charge on any atom is -0.456 e. The Morgan fingerprint density at radius 1 is 0.268 bits per heavy atom. The summed E-state index contributed by atoms with van der Waals surface area (Å²) in [7, 11) is 0. The molecule has 56 heavy (non-hydrogen) atoms. The van der Waals surface area contributed by atoms with E-state index < -0.39 is 0 Å². The standard InChI is InChI=1S/C54H32O2/c1-2-15-40-33(12-1)30-31-46-53-39(22-11-25-49(53)56-54(40)46)36-13-9-14-37(32-36)51-43-18-5-3-16-41(43)50(42-17-4-6-19-44(42)51)35-28-26-34(27-29-35)38-21-10-24-48-52(38)45-20-7-8-23-47(45)55-48/h1-32H. The highest BCUT2D eigenvalue weighted by molar-refractivity contribution is 6.23. The third kappa shape index (κ3) is 4.57. The Labute approximate surface area is 322 Å². The SMILES string of the molecule is c1cc(-c2c3ccccc3c(-c3ccc(-c4cccc5oc6ccccc6c45)cc3)c3ccccc23)cc(-c2cccc3oc4c5ccccc5ccc4c23)c1. The minimum atomic E-state index is 0.903. The Morgan fingerprint density at radius 3 is 1.48 bits per heavy atom. The number of fused-ring (bicyclic) bond motifs is 10. The van der Waals surface area contributed by atoms with Crippen molar-refractivity contribution < 1.29 is 8.83 Å². The number of furan rings is 2. The normalized spacial score (nSPS) is 11.9. The molecule has 0 unspecified atom stereocenters. The molecular formula is C54H32O2. The average Bonchev–Trinajstić information content (AvgIpc) is 3.85. The van der Waals surface area contributed by atoms with Crippen LogP contribution in [0.3, 0.4) is 0 Å². The van der Waals surface area contributed by atoms with E-state index in [-0.39, 0.29) is 0 Å². The monoisotopic (exact) mass is 712 g/mol. The molecule has 260 valence electrons. The molecule has 0 aliphatic heterocycles. The molecule has 2 heteroatoms. The van der Waals surface area contributed by atoms with Gasteiger partial charge in [0, 0.05) is 26.9 Å². The zero-order valence-electron chi connectivity index (χ0n) is 30.3. The summed E-state index contributed by atoms with van der Waals surface area (Å²) in [5.41, 5.74) is 13.2. The van der Waals surface area contributed by atoms with Gasteiger partial charge in [-0.2, -0.15) is 0 Å². The van der Waals surface area contributed by atoms with Crippen LogP contribution < -0.4 is 0 Å². The molecular weight excluding hydrogens is 681 g/mol. The zero-order chi connectivity index (χ0) is 36.7. The van der Waals surface area contributed by atoms with Gasteiger partial charge in [0.2, 0.25) is 0 Å². The van der Waals surface area contributed by atoms with Gasteiger partial charge < -0.3 is 8.83 Å². The largest absolute Gasteiger partial charge is 0.456 e. The predicted octanol–water partition coefficient (Wildman–Crippen LogP) is 15.6. The van der Waals surface area contributed by atoms with Crippen molar-refractivity contribution in [2.45, 2.75) is 0 Å². The Morgan fingerprint density at radius 2 is 0.768 bits per heavy atom. The maximum Gasteiger partial charge on any atom is 0.143 e. The predicted molar refractivity (Wildman–Crippen MR) is 235 cm³/mol. The van der Waals surface area contributed by atoms with Crippen LogP contribution in [0.25, 0.3) is 121 Å². The second-order valence-electron chi connectivity index (χ2n) is 14.7. The van der Waals surface area contributed by atoms with Gasteiger partial charge in [-0.3, -0.25) is 0 Å². The lowest BCUT2D eigenvalue weighted by Crippen LogP contribution is -1.91. The van der Waals surface area contributed by atoms with Crippen molar-refractivity contribution in [3.8, 4) is 44.5 Å². The van der Waals surface area contributed by atoms with E-state index in [1.807, 2.05) is 12.1 Å². The molecule has 0 fully saturated rings. The lowest BCUT2D eigenvalue weighted by Gasteiger charge is -2.18. The molecule has 2 nitrogen and oxygen atoms in total. The molecule has 2 aromatic heterocycles. The maximum atomic E-state index is 6.57. The maximum absolute atomic E-state index is 6.57. The summed E-state index contributed by atoms with van der Waals surface area (Å²) >= 11 is 0. The highest BCUT2D eigenvalue weighted by atomic mass is 16.3. The van der Waals surface area contributed by atoms with Gasteiger partial charge >= 0.3 is 0 Å². The molecule has 0 aliphatic carbocycles. The smallest absolute Gasteiger partial charge is 0.143 e. The summed E-state index contributed by atoms with van der Waals surface area (Å²) in [4.78, 5) is 0. The van der Waals surface area contributed by atoms with Crippen LogP contribution in [-0.2, 0) is 0 Å². The minimum absolute atomic E-state index is 0.903. The molecule has 12 rings (SSSR count). The van der Waals surface area contributed by atoms with Gasteiger partial charge in [-0.05, 0) is 102 Å². The van der Waals surface area contributed by atoms with Crippen LogP contribution in [-0.4, -0.2) is 0 Å². The number of hydrogen-bond donors (Lipinski definition) is 0. The van der Waals surface area contributed by atoms with Crippen molar-refractivity contribution in [3.05, 3.63) is 194 Å². The van der Waals surface area contributed by atoms with E-state index in [1.165, 1.54) is 65.9 Å². The Hall–Kier alpha value is -7.42. The van der Waals surface area contributed by atoms with Gasteiger partial charge in [0.05, 0.1) is 0 Å². The van der Waals surface area contributed by atoms with Crippen LogP contribution in [0, 0.1) is 0 Å². The molecule has 0 N–H and O–H groups in total. The highest BCUT2D eigenvalue weighted by Crippen LogP contribution is 2.46. The van der Waals surface area contributed by atoms with E-state index in [1.54, 1.807) is 0 Å². The van der Waals surface area contributed by atoms with E-state index in [4.69, 9.17) is 8.83 Å². The van der Waals surface area contributed by atoms with Crippen molar-refractivity contribution in [1.29, 1.82) is 0 Å². The van der Waals surface area contributed by atoms with Gasteiger partial charge in [0.1, 0.15) is 22.3 Å². The van der Waals surface area contributed by atoms with Crippen molar-refractivity contribution in [2.24, 2.45) is 0 Å². The molecule has 2 heterocycles. The van der Waals surface area contributed by atoms with E-state index >= 15 is 0 Å². The summed E-state index contributed by atoms with van der Waals surface area (Å²) in [6.07, 6.45) is 0. The van der Waals surface area contributed by atoms with Crippen LogP contribution in [0.4, 0.5) is 0 Å². The van der Waals surface area contributed by atoms with Crippen LogP contribution in [0.5, 0.6) is 0 Å². The lowest BCUT2D eigenvalue weighted by molar-refractivity contribution is 0.669. The lowest BCUT2D eigenvalue weighted by atomic mass is 9.85. The molecule has 0 aliphatic rings. The molecule has 0 amide bonds. The van der Waals surface area contributed by atoms with E-state index in [2.05, 4.69) is 182 Å². The Kier molecular flexibility index (Phi) is 6.66. The molecule has 0 saturated heterocycles. The second kappa shape index (κ2) is 12.0. The first-order chi connectivity index (χ1) is 27.8. The fourth-order valence-corrected chi connectivity index (χ4v) is 9.22. The van der Waals surface area contributed by atoms with Gasteiger partial charge in [0.15, 0.2) is 0 Å². The fourth-order valence-electron chi connectivity index (χ4n) is 9.22. The molecule has 12 aromatic rings. The van der Waals surface area contributed by atoms with Gasteiger partial charge in [-0.15, -0.1) is 0 Å². The molecule has 0 saturated carbocycles. The number of para-hydroxylation sites is 1. The summed E-state index contributed by atoms with van der Waals surface area (Å²) in [5.74, 6) is 0. The number of rotatable bonds is 4. The van der Waals surface area contributed by atoms with Crippen molar-refractivity contribution in [3.63, 3.8) is 0 Å². The second-order valence-corrected chi connectivity index (χ2v) is 14.7. The first-order valence-corrected chi connectivity index (χ1v) is 19.2. The van der Waals surface area contributed by atoms with Crippen LogP contribution >= 0.6 is 0 Å². The number of hydrogen-bond acceptors (Lipinski definition) is 2. The third-order valence-corrected chi connectivity index (χ3v) is 11.7. The van der Waals surface area contributed by atoms with E-state index in [0.29, 0.717) is 0 Å². The number of benzene rings is 10. The van der Waals surface area contributed by atoms with E-state index in [0.717, 1.165) is 54.8 Å². The first kappa shape index (κ1) is 31.0. The van der Waals surface area contributed by atoms with Gasteiger partial charge in [-0.25, -0.2) is 0 Å². The van der Waals surface area contributed by atoms with Crippen molar-refractivity contribution in [1.82, 2.24) is 0 Å². The topological polar surface area (TPSA) is 26.3 Å². The zero-order valence-corrected chi connectivity index (χ0v) is 30.3. The van der Waals surface area contributed by atoms with E-state index in [9.17, 15) is 0 Å². The molecule has 0 bridgehead atoms. The van der Waals surface area contributed by atoms with Crippen molar-refractivity contribution in [2.75, 3.05) is 0 Å².